The molecular weight excluding hydrogens is 244 g/mol. The molecule has 0 saturated carbocycles. The number of likely N-dealkylation sites (N-methyl/N-ethyl adjacent to an activating group) is 1. The van der Waals surface area contributed by atoms with Gasteiger partial charge in [-0.1, -0.05) is 18.8 Å². The lowest BCUT2D eigenvalue weighted by Gasteiger charge is -2.27. The van der Waals surface area contributed by atoms with Gasteiger partial charge in [0.25, 0.3) is 0 Å². The van der Waals surface area contributed by atoms with Crippen molar-refractivity contribution in [1.29, 1.82) is 0 Å². The minimum atomic E-state index is -0.657. The van der Waals surface area contributed by atoms with Gasteiger partial charge in [-0.25, -0.2) is 0 Å². The maximum atomic E-state index is 9.84. The molecule has 0 radical (unpaired) electrons. The average molecular weight is 266 g/mol. The highest BCUT2D eigenvalue weighted by Gasteiger charge is 2.17. The molecule has 1 aromatic heterocycles. The molecule has 1 aromatic rings. The Morgan fingerprint density at radius 2 is 2.17 bits per heavy atom. The number of nitrogens with two attached hydrogens (primary N) is 1. The summed E-state index contributed by atoms with van der Waals surface area (Å²) in [5, 5.41) is 9.84. The third-order valence-corrected chi connectivity index (χ3v) is 3.40. The van der Waals surface area contributed by atoms with Gasteiger partial charge in [0.05, 0.1) is 17.0 Å². The summed E-state index contributed by atoms with van der Waals surface area (Å²) >= 11 is 1.69. The van der Waals surface area contributed by atoms with Crippen LogP contribution in [0.25, 0.3) is 0 Å². The van der Waals surface area contributed by atoms with E-state index in [-0.39, 0.29) is 0 Å². The molecule has 1 rings (SSSR count). The highest BCUT2D eigenvalue weighted by molar-refractivity contribution is 7.12. The molecule has 0 spiro atoms. The SMILES string of the molecule is CCN(Cc1ccc(C#CCN)s1)CC(C)(C)O. The van der Waals surface area contributed by atoms with Gasteiger partial charge in [-0.15, -0.1) is 11.3 Å². The molecule has 0 amide bonds. The van der Waals surface area contributed by atoms with Crippen molar-refractivity contribution in [2.75, 3.05) is 19.6 Å². The van der Waals surface area contributed by atoms with Gasteiger partial charge in [0.1, 0.15) is 0 Å². The monoisotopic (exact) mass is 266 g/mol. The molecule has 0 bridgehead atoms. The minimum absolute atomic E-state index is 0.396. The topological polar surface area (TPSA) is 49.5 Å². The molecule has 0 aliphatic rings. The van der Waals surface area contributed by atoms with Crippen molar-refractivity contribution in [1.82, 2.24) is 4.90 Å². The Balaban J connectivity index is 2.62. The van der Waals surface area contributed by atoms with Crippen LogP contribution in [0.3, 0.4) is 0 Å². The third kappa shape index (κ3) is 5.65. The summed E-state index contributed by atoms with van der Waals surface area (Å²) in [6.45, 7) is 8.62. The number of rotatable bonds is 5. The first-order chi connectivity index (χ1) is 8.44. The van der Waals surface area contributed by atoms with Crippen molar-refractivity contribution in [3.05, 3.63) is 21.9 Å². The van der Waals surface area contributed by atoms with Crippen molar-refractivity contribution < 1.29 is 5.11 Å². The molecule has 0 aliphatic carbocycles. The van der Waals surface area contributed by atoms with E-state index < -0.39 is 5.60 Å². The van der Waals surface area contributed by atoms with Gasteiger partial charge in [-0.3, -0.25) is 4.90 Å². The van der Waals surface area contributed by atoms with Crippen molar-refractivity contribution in [2.45, 2.75) is 32.9 Å². The molecule has 4 heteroatoms. The predicted octanol–water partition coefficient (Wildman–Crippen LogP) is 1.65. The molecule has 3 N–H and O–H groups in total. The zero-order chi connectivity index (χ0) is 13.6. The van der Waals surface area contributed by atoms with Crippen LogP contribution in [0.15, 0.2) is 12.1 Å². The highest BCUT2D eigenvalue weighted by atomic mass is 32.1. The second-order valence-corrected chi connectivity index (χ2v) is 6.06. The van der Waals surface area contributed by atoms with E-state index in [9.17, 15) is 5.11 Å². The number of nitrogens with zero attached hydrogens (tertiary/aromatic N) is 1. The summed E-state index contributed by atoms with van der Waals surface area (Å²) < 4.78 is 0. The van der Waals surface area contributed by atoms with E-state index in [1.807, 2.05) is 19.9 Å². The maximum Gasteiger partial charge on any atom is 0.0772 e. The van der Waals surface area contributed by atoms with Gasteiger partial charge in [-0.05, 0) is 32.5 Å². The van der Waals surface area contributed by atoms with Crippen molar-refractivity contribution in [3.63, 3.8) is 0 Å². The fourth-order valence-corrected chi connectivity index (χ4v) is 2.64. The molecule has 0 aliphatic heterocycles. The summed E-state index contributed by atoms with van der Waals surface area (Å²) in [7, 11) is 0. The van der Waals surface area contributed by atoms with Gasteiger partial charge < -0.3 is 10.8 Å². The standard InChI is InChI=1S/C14H22N2OS/c1-4-16(11-14(2,3)17)10-13-8-7-12(18-13)6-5-9-15/h7-8,17H,4,9-11,15H2,1-3H3. The van der Waals surface area contributed by atoms with Crippen LogP contribution in [-0.4, -0.2) is 35.2 Å². The van der Waals surface area contributed by atoms with Crippen LogP contribution < -0.4 is 5.73 Å². The van der Waals surface area contributed by atoms with E-state index >= 15 is 0 Å². The van der Waals surface area contributed by atoms with Crippen LogP contribution in [0, 0.1) is 11.8 Å². The molecule has 0 saturated heterocycles. The highest BCUT2D eigenvalue weighted by Crippen LogP contribution is 2.18. The van der Waals surface area contributed by atoms with Crippen LogP contribution in [0.2, 0.25) is 0 Å². The smallest absolute Gasteiger partial charge is 0.0772 e. The normalized spacial score (nSPS) is 11.4. The zero-order valence-corrected chi connectivity index (χ0v) is 12.2. The first kappa shape index (κ1) is 15.2. The van der Waals surface area contributed by atoms with E-state index in [0.717, 1.165) is 18.0 Å². The van der Waals surface area contributed by atoms with Crippen LogP contribution in [-0.2, 0) is 6.54 Å². The quantitative estimate of drug-likeness (QED) is 0.797. The van der Waals surface area contributed by atoms with E-state index in [1.54, 1.807) is 11.3 Å². The molecule has 0 aromatic carbocycles. The first-order valence-electron chi connectivity index (χ1n) is 6.17. The Bertz CT molecular complexity index is 423. The van der Waals surface area contributed by atoms with Gasteiger partial charge in [0.15, 0.2) is 0 Å². The first-order valence-corrected chi connectivity index (χ1v) is 6.98. The molecule has 1 heterocycles. The lowest BCUT2D eigenvalue weighted by molar-refractivity contribution is 0.0356. The Kier molecular flexibility index (Phi) is 5.83. The average Bonchev–Trinajstić information content (AvgIpc) is 2.71. The van der Waals surface area contributed by atoms with Crippen LogP contribution in [0.4, 0.5) is 0 Å². The largest absolute Gasteiger partial charge is 0.389 e. The van der Waals surface area contributed by atoms with E-state index in [0.29, 0.717) is 13.1 Å². The maximum absolute atomic E-state index is 9.84. The number of thiophene rings is 1. The summed E-state index contributed by atoms with van der Waals surface area (Å²) in [4.78, 5) is 4.54. The summed E-state index contributed by atoms with van der Waals surface area (Å²) in [6, 6.07) is 4.12. The van der Waals surface area contributed by atoms with Crippen molar-refractivity contribution in [2.24, 2.45) is 5.73 Å². The van der Waals surface area contributed by atoms with Gasteiger partial charge >= 0.3 is 0 Å². The Labute approximate surface area is 114 Å². The van der Waals surface area contributed by atoms with Crippen LogP contribution in [0.1, 0.15) is 30.5 Å². The number of hydrogen-bond acceptors (Lipinski definition) is 4. The van der Waals surface area contributed by atoms with Crippen LogP contribution >= 0.6 is 11.3 Å². The zero-order valence-electron chi connectivity index (χ0n) is 11.4. The molecule has 0 fully saturated rings. The Morgan fingerprint density at radius 3 is 2.72 bits per heavy atom. The lowest BCUT2D eigenvalue weighted by atomic mass is 10.1. The second kappa shape index (κ2) is 6.91. The third-order valence-electron chi connectivity index (χ3n) is 2.41. The lowest BCUT2D eigenvalue weighted by Crippen LogP contribution is -2.37. The second-order valence-electron chi connectivity index (χ2n) is 4.89. The molecule has 3 nitrogen and oxygen atoms in total. The van der Waals surface area contributed by atoms with Gasteiger partial charge in [0.2, 0.25) is 0 Å². The van der Waals surface area contributed by atoms with E-state index in [2.05, 4.69) is 29.7 Å². The van der Waals surface area contributed by atoms with Crippen LogP contribution in [0.5, 0.6) is 0 Å². The van der Waals surface area contributed by atoms with Gasteiger partial charge in [-0.2, -0.15) is 0 Å². The Hall–Kier alpha value is -0.860. The predicted molar refractivity (Wildman–Crippen MR) is 77.5 cm³/mol. The Morgan fingerprint density at radius 1 is 1.44 bits per heavy atom. The number of aliphatic hydroxyl groups is 1. The summed E-state index contributed by atoms with van der Waals surface area (Å²) in [5.74, 6) is 5.90. The fraction of sp³-hybridized carbons (Fsp3) is 0.571. The summed E-state index contributed by atoms with van der Waals surface area (Å²) in [6.07, 6.45) is 0. The van der Waals surface area contributed by atoms with Gasteiger partial charge in [0, 0.05) is 18.0 Å². The van der Waals surface area contributed by atoms with E-state index in [1.165, 1.54) is 4.88 Å². The molecule has 0 atom stereocenters. The van der Waals surface area contributed by atoms with E-state index in [4.69, 9.17) is 5.73 Å². The summed E-state index contributed by atoms with van der Waals surface area (Å²) in [5.41, 5.74) is 4.69. The molecule has 100 valence electrons. The number of hydrogen-bond donors (Lipinski definition) is 2. The molecule has 18 heavy (non-hydrogen) atoms. The molecular formula is C14H22N2OS. The fourth-order valence-electron chi connectivity index (χ4n) is 1.72. The van der Waals surface area contributed by atoms with Crippen molar-refractivity contribution in [3.8, 4) is 11.8 Å². The van der Waals surface area contributed by atoms with Crippen molar-refractivity contribution >= 4 is 11.3 Å². The molecule has 0 unspecified atom stereocenters. The minimum Gasteiger partial charge on any atom is -0.389 e.